The van der Waals surface area contributed by atoms with Crippen LogP contribution in [0.4, 0.5) is 0 Å². The van der Waals surface area contributed by atoms with Crippen molar-refractivity contribution in [3.8, 4) is 0 Å². The molecule has 0 spiro atoms. The van der Waals surface area contributed by atoms with Gasteiger partial charge < -0.3 is 10.0 Å². The molecule has 1 aromatic carbocycles. The summed E-state index contributed by atoms with van der Waals surface area (Å²) >= 11 is 0. The van der Waals surface area contributed by atoms with Crippen molar-refractivity contribution in [1.29, 1.82) is 0 Å². The number of aliphatic hydroxyl groups excluding tert-OH is 1. The van der Waals surface area contributed by atoms with Gasteiger partial charge in [-0.2, -0.15) is 0 Å². The minimum Gasteiger partial charge on any atom is -0.392 e. The van der Waals surface area contributed by atoms with Gasteiger partial charge in [0.15, 0.2) is 0 Å². The van der Waals surface area contributed by atoms with Crippen molar-refractivity contribution < 1.29 is 9.90 Å². The van der Waals surface area contributed by atoms with Gasteiger partial charge in [0.2, 0.25) is 0 Å². The predicted octanol–water partition coefficient (Wildman–Crippen LogP) is 1.69. The highest BCUT2D eigenvalue weighted by Crippen LogP contribution is 2.12. The van der Waals surface area contributed by atoms with Gasteiger partial charge in [-0.15, -0.1) is 0 Å². The summed E-state index contributed by atoms with van der Waals surface area (Å²) in [5.74, 6) is -0.179. The number of para-hydroxylation sites is 1. The zero-order valence-electron chi connectivity index (χ0n) is 10.5. The Kier molecular flexibility index (Phi) is 3.58. The van der Waals surface area contributed by atoms with Gasteiger partial charge in [0.1, 0.15) is 5.69 Å². The Morgan fingerprint density at radius 3 is 2.78 bits per heavy atom. The Morgan fingerprint density at radius 2 is 2.06 bits per heavy atom. The van der Waals surface area contributed by atoms with Crippen LogP contribution in [0, 0.1) is 0 Å². The number of nitrogens with zero attached hydrogens (tertiary/aromatic N) is 2. The molecule has 0 fully saturated rings. The number of hydrogen-bond acceptors (Lipinski definition) is 3. The predicted molar refractivity (Wildman–Crippen MR) is 70.4 cm³/mol. The summed E-state index contributed by atoms with van der Waals surface area (Å²) in [7, 11) is 1.66. The van der Waals surface area contributed by atoms with Crippen LogP contribution < -0.4 is 0 Å². The van der Waals surface area contributed by atoms with E-state index in [4.69, 9.17) is 0 Å². The quantitative estimate of drug-likeness (QED) is 0.893. The molecule has 1 heterocycles. The fourth-order valence-electron chi connectivity index (χ4n) is 1.86. The maximum atomic E-state index is 12.1. The van der Waals surface area contributed by atoms with E-state index in [2.05, 4.69) is 4.98 Å². The number of rotatable bonds is 3. The van der Waals surface area contributed by atoms with Gasteiger partial charge in [0.25, 0.3) is 5.91 Å². The molecule has 0 aliphatic carbocycles. The van der Waals surface area contributed by atoms with Crippen LogP contribution in [0.5, 0.6) is 0 Å². The van der Waals surface area contributed by atoms with Crippen LogP contribution >= 0.6 is 0 Å². The largest absolute Gasteiger partial charge is 0.392 e. The second kappa shape index (κ2) is 5.14. The molecule has 1 N–H and O–H groups in total. The number of carbonyl (C=O) groups is 1. The molecule has 0 saturated carbocycles. The first-order valence-electron chi connectivity index (χ1n) is 5.87. The third kappa shape index (κ3) is 2.65. The summed E-state index contributed by atoms with van der Waals surface area (Å²) in [4.78, 5) is 17.9. The van der Waals surface area contributed by atoms with E-state index in [0.29, 0.717) is 12.2 Å². The topological polar surface area (TPSA) is 53.4 Å². The summed E-state index contributed by atoms with van der Waals surface area (Å²) < 4.78 is 0. The van der Waals surface area contributed by atoms with Gasteiger partial charge in [-0.1, -0.05) is 24.3 Å². The lowest BCUT2D eigenvalue weighted by atomic mass is 10.2. The van der Waals surface area contributed by atoms with Crippen LogP contribution in [-0.2, 0) is 0 Å². The standard InChI is InChI=1S/C14H16N2O2/c1-10(17)9-16(2)14(18)13-8-7-11-5-3-4-6-12(11)15-13/h3-8,10,17H,9H2,1-2H3. The summed E-state index contributed by atoms with van der Waals surface area (Å²) in [6.45, 7) is 1.95. The van der Waals surface area contributed by atoms with Gasteiger partial charge in [-0.3, -0.25) is 4.79 Å². The van der Waals surface area contributed by atoms with E-state index < -0.39 is 6.10 Å². The Labute approximate surface area is 106 Å². The Balaban J connectivity index is 2.28. The molecule has 1 amide bonds. The third-order valence-corrected chi connectivity index (χ3v) is 2.70. The molecule has 0 radical (unpaired) electrons. The van der Waals surface area contributed by atoms with Crippen LogP contribution in [0.15, 0.2) is 36.4 Å². The van der Waals surface area contributed by atoms with Gasteiger partial charge >= 0.3 is 0 Å². The second-order valence-corrected chi connectivity index (χ2v) is 4.42. The van der Waals surface area contributed by atoms with Crippen LogP contribution in [0.2, 0.25) is 0 Å². The highest BCUT2D eigenvalue weighted by Gasteiger charge is 2.14. The fraction of sp³-hybridized carbons (Fsp3) is 0.286. The minimum absolute atomic E-state index is 0.179. The molecule has 2 aromatic rings. The zero-order valence-corrected chi connectivity index (χ0v) is 10.5. The SMILES string of the molecule is CC(O)CN(C)C(=O)c1ccc2ccccc2n1. The molecule has 0 saturated heterocycles. The van der Waals surface area contributed by atoms with Crippen molar-refractivity contribution in [2.45, 2.75) is 13.0 Å². The van der Waals surface area contributed by atoms with E-state index >= 15 is 0 Å². The summed E-state index contributed by atoms with van der Waals surface area (Å²) in [5.41, 5.74) is 1.20. The molecule has 1 atom stereocenters. The Morgan fingerprint density at radius 1 is 1.33 bits per heavy atom. The number of likely N-dealkylation sites (N-methyl/N-ethyl adjacent to an activating group) is 1. The monoisotopic (exact) mass is 244 g/mol. The molecule has 1 aromatic heterocycles. The molecular formula is C14H16N2O2. The number of amides is 1. The van der Waals surface area contributed by atoms with Crippen molar-refractivity contribution in [3.63, 3.8) is 0 Å². The smallest absolute Gasteiger partial charge is 0.272 e. The fourth-order valence-corrected chi connectivity index (χ4v) is 1.86. The molecular weight excluding hydrogens is 228 g/mol. The maximum absolute atomic E-state index is 12.1. The highest BCUT2D eigenvalue weighted by atomic mass is 16.3. The molecule has 94 valence electrons. The van der Waals surface area contributed by atoms with Crippen LogP contribution in [0.25, 0.3) is 10.9 Å². The first-order valence-corrected chi connectivity index (χ1v) is 5.87. The van der Waals surface area contributed by atoms with Crippen LogP contribution in [0.1, 0.15) is 17.4 Å². The van der Waals surface area contributed by atoms with Crippen molar-refractivity contribution in [1.82, 2.24) is 9.88 Å². The molecule has 4 nitrogen and oxygen atoms in total. The van der Waals surface area contributed by atoms with E-state index in [0.717, 1.165) is 10.9 Å². The van der Waals surface area contributed by atoms with Crippen molar-refractivity contribution in [3.05, 3.63) is 42.1 Å². The maximum Gasteiger partial charge on any atom is 0.272 e. The van der Waals surface area contributed by atoms with Crippen molar-refractivity contribution in [2.75, 3.05) is 13.6 Å². The number of fused-ring (bicyclic) bond motifs is 1. The van der Waals surface area contributed by atoms with Crippen molar-refractivity contribution >= 4 is 16.8 Å². The molecule has 0 aliphatic heterocycles. The van der Waals surface area contributed by atoms with Gasteiger partial charge in [0, 0.05) is 19.0 Å². The van der Waals surface area contributed by atoms with E-state index in [1.165, 1.54) is 4.90 Å². The second-order valence-electron chi connectivity index (χ2n) is 4.42. The van der Waals surface area contributed by atoms with Crippen LogP contribution in [-0.4, -0.2) is 40.6 Å². The number of carbonyl (C=O) groups excluding carboxylic acids is 1. The molecule has 4 heteroatoms. The highest BCUT2D eigenvalue weighted by molar-refractivity contribution is 5.94. The molecule has 0 aliphatic rings. The summed E-state index contributed by atoms with van der Waals surface area (Å²) in [6, 6.07) is 11.3. The molecule has 1 unspecified atom stereocenters. The number of pyridine rings is 1. The summed E-state index contributed by atoms with van der Waals surface area (Å²) in [5, 5.41) is 10.3. The van der Waals surface area contributed by atoms with Gasteiger partial charge in [-0.25, -0.2) is 4.98 Å². The lowest BCUT2D eigenvalue weighted by Crippen LogP contribution is -2.33. The Hall–Kier alpha value is -1.94. The zero-order chi connectivity index (χ0) is 13.1. The summed E-state index contributed by atoms with van der Waals surface area (Å²) in [6.07, 6.45) is -0.542. The van der Waals surface area contributed by atoms with E-state index in [1.807, 2.05) is 30.3 Å². The number of benzene rings is 1. The first-order chi connectivity index (χ1) is 8.58. The van der Waals surface area contributed by atoms with Gasteiger partial charge in [-0.05, 0) is 19.1 Å². The third-order valence-electron chi connectivity index (χ3n) is 2.70. The molecule has 18 heavy (non-hydrogen) atoms. The van der Waals surface area contributed by atoms with E-state index in [1.54, 1.807) is 20.0 Å². The van der Waals surface area contributed by atoms with E-state index in [9.17, 15) is 9.90 Å². The average Bonchev–Trinajstić information content (AvgIpc) is 2.36. The Bertz CT molecular complexity index is 566. The minimum atomic E-state index is -0.542. The number of aliphatic hydroxyl groups is 1. The lowest BCUT2D eigenvalue weighted by Gasteiger charge is -2.18. The molecule has 2 rings (SSSR count). The normalized spacial score (nSPS) is 12.4. The van der Waals surface area contributed by atoms with Crippen molar-refractivity contribution in [2.24, 2.45) is 0 Å². The van der Waals surface area contributed by atoms with E-state index in [-0.39, 0.29) is 5.91 Å². The van der Waals surface area contributed by atoms with Crippen LogP contribution in [0.3, 0.4) is 0 Å². The average molecular weight is 244 g/mol. The number of hydrogen-bond donors (Lipinski definition) is 1. The lowest BCUT2D eigenvalue weighted by molar-refractivity contribution is 0.0698. The van der Waals surface area contributed by atoms with Gasteiger partial charge in [0.05, 0.1) is 11.6 Å². The first kappa shape index (κ1) is 12.5. The number of aromatic nitrogens is 1. The molecule has 0 bridgehead atoms.